The van der Waals surface area contributed by atoms with Gasteiger partial charge in [0.15, 0.2) is 0 Å². The van der Waals surface area contributed by atoms with Crippen LogP contribution < -0.4 is 10.1 Å². The van der Waals surface area contributed by atoms with E-state index in [1.165, 1.54) is 6.07 Å². The Morgan fingerprint density at radius 3 is 2.74 bits per heavy atom. The third kappa shape index (κ3) is 5.71. The summed E-state index contributed by atoms with van der Waals surface area (Å²) in [5.74, 6) is -0.148. The molecule has 0 spiro atoms. The van der Waals surface area contributed by atoms with Gasteiger partial charge in [-0.1, -0.05) is 18.2 Å². The average Bonchev–Trinajstić information content (AvgIpc) is 3.25. The number of ether oxygens (including phenoxy) is 2. The molecule has 0 bridgehead atoms. The standard InChI is InChI=1S/C25H28F3N3O3/c1-33-19-5-6-23-21(14-19)22(16-30-23)20(17-3-2-4-18(13-17)25(26,27)28)15-24(32)29-7-8-31-9-11-34-12-10-31/h2-6,13-14,16,20,30H,7-12,15H2,1H3,(H,29,32). The number of nitrogens with one attached hydrogen (secondary N) is 2. The predicted octanol–water partition coefficient (Wildman–Crippen LogP) is 4.17. The molecule has 1 unspecified atom stereocenters. The predicted molar refractivity (Wildman–Crippen MR) is 123 cm³/mol. The molecule has 4 rings (SSSR count). The average molecular weight is 476 g/mol. The maximum atomic E-state index is 13.4. The van der Waals surface area contributed by atoms with Crippen molar-refractivity contribution >= 4 is 16.8 Å². The van der Waals surface area contributed by atoms with Gasteiger partial charge >= 0.3 is 6.18 Å². The first-order chi connectivity index (χ1) is 16.3. The highest BCUT2D eigenvalue weighted by molar-refractivity contribution is 5.87. The number of hydrogen-bond donors (Lipinski definition) is 2. The summed E-state index contributed by atoms with van der Waals surface area (Å²) in [5.41, 5.74) is 1.26. The molecule has 9 heteroatoms. The molecule has 3 aromatic rings. The van der Waals surface area contributed by atoms with Crippen LogP contribution in [0.1, 0.15) is 29.0 Å². The number of carbonyl (C=O) groups is 1. The van der Waals surface area contributed by atoms with Gasteiger partial charge in [0.25, 0.3) is 0 Å². The number of carbonyl (C=O) groups excluding carboxylic acids is 1. The first-order valence-corrected chi connectivity index (χ1v) is 11.2. The molecule has 34 heavy (non-hydrogen) atoms. The maximum absolute atomic E-state index is 13.4. The lowest BCUT2D eigenvalue weighted by Gasteiger charge is -2.26. The number of fused-ring (bicyclic) bond motifs is 1. The zero-order chi connectivity index (χ0) is 24.1. The van der Waals surface area contributed by atoms with Gasteiger partial charge in [0.05, 0.1) is 25.9 Å². The molecular weight excluding hydrogens is 447 g/mol. The van der Waals surface area contributed by atoms with Crippen LogP contribution in [-0.2, 0) is 15.7 Å². The highest BCUT2D eigenvalue weighted by atomic mass is 19.4. The van der Waals surface area contributed by atoms with E-state index in [9.17, 15) is 18.0 Å². The van der Waals surface area contributed by atoms with E-state index < -0.39 is 17.7 Å². The summed E-state index contributed by atoms with van der Waals surface area (Å²) in [6.45, 7) is 4.16. The summed E-state index contributed by atoms with van der Waals surface area (Å²) in [4.78, 5) is 18.3. The summed E-state index contributed by atoms with van der Waals surface area (Å²) >= 11 is 0. The summed E-state index contributed by atoms with van der Waals surface area (Å²) in [6.07, 6.45) is -2.69. The van der Waals surface area contributed by atoms with Crippen molar-refractivity contribution in [2.24, 2.45) is 0 Å². The largest absolute Gasteiger partial charge is 0.497 e. The zero-order valence-corrected chi connectivity index (χ0v) is 19.0. The van der Waals surface area contributed by atoms with Crippen LogP contribution in [0.2, 0.25) is 0 Å². The summed E-state index contributed by atoms with van der Waals surface area (Å²) in [5, 5.41) is 3.74. The van der Waals surface area contributed by atoms with E-state index in [2.05, 4.69) is 15.2 Å². The molecule has 1 aliphatic heterocycles. The Morgan fingerprint density at radius 2 is 2.00 bits per heavy atom. The van der Waals surface area contributed by atoms with Gasteiger partial charge in [-0.05, 0) is 35.4 Å². The SMILES string of the molecule is COc1ccc2[nH]cc(C(CC(=O)NCCN3CCOCC3)c3cccc(C(F)(F)F)c3)c2c1. The number of benzene rings is 2. The van der Waals surface area contributed by atoms with Crippen molar-refractivity contribution < 1.29 is 27.4 Å². The second-order valence-electron chi connectivity index (χ2n) is 8.34. The van der Waals surface area contributed by atoms with E-state index in [0.717, 1.165) is 41.7 Å². The second-order valence-corrected chi connectivity index (χ2v) is 8.34. The number of alkyl halides is 3. The van der Waals surface area contributed by atoms with Gasteiger partial charge in [-0.25, -0.2) is 0 Å². The van der Waals surface area contributed by atoms with Crippen LogP contribution in [0, 0.1) is 0 Å². The Kier molecular flexibility index (Phi) is 7.43. The number of aromatic nitrogens is 1. The summed E-state index contributed by atoms with van der Waals surface area (Å²) in [7, 11) is 1.56. The van der Waals surface area contributed by atoms with Crippen LogP contribution in [-0.4, -0.2) is 62.3 Å². The van der Waals surface area contributed by atoms with Crippen LogP contribution in [0.3, 0.4) is 0 Å². The minimum absolute atomic E-state index is 0.0224. The number of methoxy groups -OCH3 is 1. The van der Waals surface area contributed by atoms with Crippen LogP contribution in [0.15, 0.2) is 48.7 Å². The number of rotatable bonds is 8. The molecular formula is C25H28F3N3O3. The number of amides is 1. The molecule has 2 N–H and O–H groups in total. The van der Waals surface area contributed by atoms with Crippen molar-refractivity contribution in [3.63, 3.8) is 0 Å². The first kappa shape index (κ1) is 24.1. The number of halogens is 3. The van der Waals surface area contributed by atoms with E-state index >= 15 is 0 Å². The summed E-state index contributed by atoms with van der Waals surface area (Å²) < 4.78 is 50.9. The lowest BCUT2D eigenvalue weighted by atomic mass is 9.87. The number of nitrogens with zero attached hydrogens (tertiary/aromatic N) is 1. The fraction of sp³-hybridized carbons (Fsp3) is 0.400. The van der Waals surface area contributed by atoms with E-state index in [0.29, 0.717) is 37.6 Å². The highest BCUT2D eigenvalue weighted by Gasteiger charge is 2.32. The maximum Gasteiger partial charge on any atom is 0.416 e. The van der Waals surface area contributed by atoms with Crippen LogP contribution in [0.5, 0.6) is 5.75 Å². The lowest BCUT2D eigenvalue weighted by molar-refractivity contribution is -0.137. The Morgan fingerprint density at radius 1 is 1.21 bits per heavy atom. The van der Waals surface area contributed by atoms with Crippen LogP contribution in [0.4, 0.5) is 13.2 Å². The Balaban J connectivity index is 1.59. The Hall–Kier alpha value is -3.04. The van der Waals surface area contributed by atoms with Gasteiger partial charge in [-0.2, -0.15) is 13.2 Å². The second kappa shape index (κ2) is 10.5. The Labute approximate surface area is 196 Å². The zero-order valence-electron chi connectivity index (χ0n) is 19.0. The third-order valence-electron chi connectivity index (χ3n) is 6.16. The van der Waals surface area contributed by atoms with Crippen molar-refractivity contribution in [1.82, 2.24) is 15.2 Å². The number of morpholine rings is 1. The van der Waals surface area contributed by atoms with Crippen molar-refractivity contribution in [2.45, 2.75) is 18.5 Å². The number of hydrogen-bond acceptors (Lipinski definition) is 4. The van der Waals surface area contributed by atoms with E-state index in [1.807, 2.05) is 12.1 Å². The van der Waals surface area contributed by atoms with Crippen LogP contribution in [0.25, 0.3) is 10.9 Å². The molecule has 0 aliphatic carbocycles. The normalized spacial score (nSPS) is 15.9. The van der Waals surface area contributed by atoms with Crippen molar-refractivity contribution in [2.75, 3.05) is 46.5 Å². The monoisotopic (exact) mass is 475 g/mol. The molecule has 1 aromatic heterocycles. The molecule has 1 atom stereocenters. The Bertz CT molecular complexity index is 1120. The van der Waals surface area contributed by atoms with Gasteiger partial charge in [-0.15, -0.1) is 0 Å². The minimum atomic E-state index is -4.47. The molecule has 0 saturated carbocycles. The topological polar surface area (TPSA) is 66.6 Å². The van der Waals surface area contributed by atoms with Crippen molar-refractivity contribution in [3.05, 3.63) is 65.4 Å². The minimum Gasteiger partial charge on any atom is -0.497 e. The third-order valence-corrected chi connectivity index (χ3v) is 6.16. The number of aromatic amines is 1. The molecule has 6 nitrogen and oxygen atoms in total. The van der Waals surface area contributed by atoms with E-state index in [1.54, 1.807) is 25.4 Å². The smallest absolute Gasteiger partial charge is 0.416 e. The van der Waals surface area contributed by atoms with Crippen LogP contribution >= 0.6 is 0 Å². The van der Waals surface area contributed by atoms with Gasteiger partial charge in [0.2, 0.25) is 5.91 Å². The van der Waals surface area contributed by atoms with Gasteiger partial charge in [0.1, 0.15) is 5.75 Å². The molecule has 0 radical (unpaired) electrons. The highest BCUT2D eigenvalue weighted by Crippen LogP contribution is 2.37. The molecule has 1 amide bonds. The quantitative estimate of drug-likeness (QED) is 0.514. The first-order valence-electron chi connectivity index (χ1n) is 11.2. The molecule has 1 aliphatic rings. The number of H-pyrrole nitrogens is 1. The van der Waals surface area contributed by atoms with Gasteiger partial charge in [0, 0.05) is 55.6 Å². The fourth-order valence-corrected chi connectivity index (χ4v) is 4.31. The van der Waals surface area contributed by atoms with Crippen molar-refractivity contribution in [3.8, 4) is 5.75 Å². The van der Waals surface area contributed by atoms with Gasteiger partial charge < -0.3 is 19.8 Å². The van der Waals surface area contributed by atoms with Gasteiger partial charge in [-0.3, -0.25) is 9.69 Å². The van der Waals surface area contributed by atoms with E-state index in [-0.39, 0.29) is 12.3 Å². The van der Waals surface area contributed by atoms with Crippen molar-refractivity contribution in [1.29, 1.82) is 0 Å². The molecule has 1 saturated heterocycles. The molecule has 1 fully saturated rings. The van der Waals surface area contributed by atoms with E-state index in [4.69, 9.17) is 9.47 Å². The summed E-state index contributed by atoms with van der Waals surface area (Å²) in [6, 6.07) is 10.7. The fourth-order valence-electron chi connectivity index (χ4n) is 4.31. The molecule has 2 aromatic carbocycles. The lowest BCUT2D eigenvalue weighted by Crippen LogP contribution is -2.41. The molecule has 2 heterocycles. The molecule has 182 valence electrons.